The molecule has 7 aromatic carbocycles. The minimum absolute atomic E-state index is 0. The van der Waals surface area contributed by atoms with Gasteiger partial charge < -0.3 is 9.47 Å². The van der Waals surface area contributed by atoms with E-state index in [2.05, 4.69) is 0 Å². The van der Waals surface area contributed by atoms with Crippen molar-refractivity contribution in [3.63, 3.8) is 0 Å². The van der Waals surface area contributed by atoms with Crippen LogP contribution in [0.15, 0.2) is 133 Å². The fourth-order valence-electron chi connectivity index (χ4n) is 8.34. The van der Waals surface area contributed by atoms with Gasteiger partial charge in [-0.15, -0.1) is 29.3 Å². The molecule has 0 heterocycles. The van der Waals surface area contributed by atoms with E-state index in [-0.39, 0.29) is 34.8 Å². The molecule has 0 bridgehead atoms. The molecule has 366 valence electrons. The van der Waals surface area contributed by atoms with Crippen molar-refractivity contribution in [1.29, 1.82) is 0 Å². The molecule has 0 radical (unpaired) electrons. The first-order valence-corrected chi connectivity index (χ1v) is 23.5. The van der Waals surface area contributed by atoms with Gasteiger partial charge in [-0.1, -0.05) is 36.0 Å². The zero-order chi connectivity index (χ0) is 50.1. The Balaban J connectivity index is 0.00000139. The Morgan fingerprint density at radius 1 is 0.493 bits per heavy atom. The molecule has 0 unspecified atom stereocenters. The van der Waals surface area contributed by atoms with E-state index in [1.165, 1.54) is 13.0 Å². The first kappa shape index (κ1) is 54.9. The van der Waals surface area contributed by atoms with Crippen molar-refractivity contribution in [3.05, 3.63) is 184 Å². The van der Waals surface area contributed by atoms with Crippen LogP contribution in [0.2, 0.25) is 0 Å². The van der Waals surface area contributed by atoms with E-state index in [1.807, 2.05) is 94.4 Å². The topological polar surface area (TPSA) is 18.5 Å². The van der Waals surface area contributed by atoms with Crippen LogP contribution in [0.5, 0.6) is 11.5 Å². The van der Waals surface area contributed by atoms with Gasteiger partial charge in [-0.25, -0.2) is 12.1 Å². The fraction of sp³-hybridized carbons (Fsp3) is 0.231. The SMILES string of the molecule is COc1c(C)cc(P(c2cc(C)c(OC)c(C)c2)c2ccccc2-[c-]2cccc2[C@@H](C)P(c2cc(C(F)(F)F)cc(C(F)(F)F)c2)c2cc(C(F)(F)F)cc(C(F)(F)F)c2)cc1C.[Fe+2].c1cc[cH-]c1. The Morgan fingerprint density at radius 2 is 0.870 bits per heavy atom. The fourth-order valence-corrected chi connectivity index (χ4v) is 14.0. The van der Waals surface area contributed by atoms with Crippen molar-refractivity contribution in [2.24, 2.45) is 0 Å². The van der Waals surface area contributed by atoms with Crippen LogP contribution in [-0.2, 0) is 41.8 Å². The first-order valence-electron chi connectivity index (χ1n) is 20.7. The molecule has 0 spiro atoms. The molecule has 0 aliphatic rings. The maximum absolute atomic E-state index is 14.3. The summed E-state index contributed by atoms with van der Waals surface area (Å²) in [6.45, 7) is 8.98. The summed E-state index contributed by atoms with van der Waals surface area (Å²) in [7, 11) is -1.25. The predicted octanol–water partition coefficient (Wildman–Crippen LogP) is 14.8. The molecule has 69 heavy (non-hydrogen) atoms. The van der Waals surface area contributed by atoms with Gasteiger partial charge in [-0.3, -0.25) is 0 Å². The van der Waals surface area contributed by atoms with Crippen molar-refractivity contribution < 1.29 is 79.2 Å². The van der Waals surface area contributed by atoms with Gasteiger partial charge in [-0.05, 0) is 153 Å². The number of aryl methyl sites for hydroxylation is 4. The third-order valence-corrected chi connectivity index (χ3v) is 16.3. The molecule has 0 amide bonds. The molecule has 2 nitrogen and oxygen atoms in total. The molecule has 0 saturated carbocycles. The zero-order valence-corrected chi connectivity index (χ0v) is 40.8. The molecule has 0 aliphatic heterocycles. The van der Waals surface area contributed by atoms with Crippen LogP contribution in [0.25, 0.3) is 11.1 Å². The van der Waals surface area contributed by atoms with Crippen molar-refractivity contribution >= 4 is 42.4 Å². The van der Waals surface area contributed by atoms with Gasteiger partial charge in [0.1, 0.15) is 11.5 Å². The molecule has 0 aromatic heterocycles. The van der Waals surface area contributed by atoms with Crippen molar-refractivity contribution in [1.82, 2.24) is 0 Å². The van der Waals surface area contributed by atoms with Crippen LogP contribution < -0.4 is 36.0 Å². The second-order valence-corrected chi connectivity index (χ2v) is 20.7. The monoisotopic (exact) mass is 1050 g/mol. The molecule has 0 fully saturated rings. The normalized spacial score (nSPS) is 12.7. The largest absolute Gasteiger partial charge is 2.00 e. The van der Waals surface area contributed by atoms with Gasteiger partial charge in [0.25, 0.3) is 0 Å². The summed E-state index contributed by atoms with van der Waals surface area (Å²) in [4.78, 5) is 0. The average molecular weight is 1050 g/mol. The Labute approximate surface area is 405 Å². The standard InChI is InChI=1S/C47H39F12O2P2.C5H5.Fe/c1-25-15-34(16-26(2)42(25)60-6)63(35-17-27(3)43(61-7)28(4)18-35)41-14-9-8-11-40(41)39-13-10-12-38(39)29(5)62(36-21-30(44(48,49)50)19-31(22-36)45(51,52)53)37-23-32(46(54,55)56)20-33(24-37)47(57,58)59;1-2-4-5-3-1;/h8-24,29H,1-7H3;1-5H;/q2*-1;+2/t29-;;/m1../s1. The Hall–Kier alpha value is -5.06. The molecule has 7 rings (SSSR count). The number of rotatable bonds is 10. The van der Waals surface area contributed by atoms with E-state index in [0.717, 1.165) is 38.2 Å². The van der Waals surface area contributed by atoms with E-state index in [4.69, 9.17) is 9.47 Å². The van der Waals surface area contributed by atoms with Crippen molar-refractivity contribution in [3.8, 4) is 22.6 Å². The van der Waals surface area contributed by atoms with Gasteiger partial charge >= 0.3 is 41.8 Å². The number of hydrogen-bond donors (Lipinski definition) is 0. The minimum atomic E-state index is -5.36. The second-order valence-electron chi connectivity index (χ2n) is 16.0. The number of benzene rings is 5. The Kier molecular flexibility index (Phi) is 17.1. The third-order valence-electron chi connectivity index (χ3n) is 11.2. The maximum atomic E-state index is 14.3. The van der Waals surface area contributed by atoms with Crippen LogP contribution >= 0.6 is 15.8 Å². The van der Waals surface area contributed by atoms with Crippen LogP contribution in [-0.4, -0.2) is 14.2 Å². The van der Waals surface area contributed by atoms with Crippen LogP contribution in [0.4, 0.5) is 52.7 Å². The Morgan fingerprint density at radius 3 is 1.20 bits per heavy atom. The Bertz CT molecular complexity index is 2600. The van der Waals surface area contributed by atoms with Crippen molar-refractivity contribution in [2.75, 3.05) is 14.2 Å². The zero-order valence-electron chi connectivity index (χ0n) is 37.9. The van der Waals surface area contributed by atoms with Gasteiger partial charge in [0.2, 0.25) is 0 Å². The van der Waals surface area contributed by atoms with E-state index < -0.39 is 79.1 Å². The second kappa shape index (κ2) is 21.5. The molecular formula is C52H44F12FeO2P2. The summed E-state index contributed by atoms with van der Waals surface area (Å²) in [6, 6.07) is 31.2. The van der Waals surface area contributed by atoms with E-state index in [9.17, 15) is 52.7 Å². The number of alkyl halides is 12. The summed E-state index contributed by atoms with van der Waals surface area (Å²) in [5, 5.41) is 1.12. The smallest absolute Gasteiger partial charge is 0.496 e. The molecule has 0 saturated heterocycles. The van der Waals surface area contributed by atoms with Gasteiger partial charge in [0.05, 0.1) is 36.5 Å². The van der Waals surface area contributed by atoms with Crippen LogP contribution in [0.3, 0.4) is 0 Å². The summed E-state index contributed by atoms with van der Waals surface area (Å²) >= 11 is 0. The number of methoxy groups -OCH3 is 2. The van der Waals surface area contributed by atoms with Crippen LogP contribution in [0.1, 0.15) is 62.7 Å². The molecule has 0 N–H and O–H groups in total. The molecule has 0 aliphatic carbocycles. The maximum Gasteiger partial charge on any atom is 2.00 e. The minimum Gasteiger partial charge on any atom is -0.496 e. The first-order chi connectivity index (χ1) is 31.7. The molecule has 7 aromatic rings. The quantitative estimate of drug-likeness (QED) is 0.0588. The number of hydrogen-bond acceptors (Lipinski definition) is 2. The number of ether oxygens (including phenoxy) is 2. The van der Waals surface area contributed by atoms with Crippen molar-refractivity contribution in [2.45, 2.75) is 65.0 Å². The molecule has 1 atom stereocenters. The summed E-state index contributed by atoms with van der Waals surface area (Å²) in [5.41, 5.74) is -3.63. The van der Waals surface area contributed by atoms with E-state index in [0.29, 0.717) is 46.9 Å². The van der Waals surface area contributed by atoms with Crippen LogP contribution in [0, 0.1) is 27.7 Å². The van der Waals surface area contributed by atoms with Gasteiger partial charge in [0.15, 0.2) is 0 Å². The van der Waals surface area contributed by atoms with Gasteiger partial charge in [-0.2, -0.15) is 77.0 Å². The average Bonchev–Trinajstić information content (AvgIpc) is 4.00. The molecule has 17 heteroatoms. The summed E-state index contributed by atoms with van der Waals surface area (Å²) < 4.78 is 183. The van der Waals surface area contributed by atoms with E-state index >= 15 is 0 Å². The number of halogens is 12. The van der Waals surface area contributed by atoms with E-state index in [1.54, 1.807) is 38.5 Å². The summed E-state index contributed by atoms with van der Waals surface area (Å²) in [6.07, 6.45) is -21.4. The molecular weight excluding hydrogens is 1000 g/mol. The van der Waals surface area contributed by atoms with Gasteiger partial charge in [0, 0.05) is 0 Å². The predicted molar refractivity (Wildman–Crippen MR) is 248 cm³/mol. The summed E-state index contributed by atoms with van der Waals surface area (Å²) in [5.74, 6) is 1.35. The third kappa shape index (κ3) is 12.5.